The predicted octanol–water partition coefficient (Wildman–Crippen LogP) is 2.36. The van der Waals surface area contributed by atoms with E-state index in [1.165, 1.54) is 6.07 Å². The standard InChI is InChI=1S/C14H17FN2O/c1-9-12(5-4-11(8-16)13(9)15)17-7-6-14(3,18)10(17)2/h4-5,10,18H,6-7H2,1-3H3. The Kier molecular flexibility index (Phi) is 3.04. The maximum atomic E-state index is 13.9. The number of rotatable bonds is 1. The summed E-state index contributed by atoms with van der Waals surface area (Å²) in [7, 11) is 0. The minimum absolute atomic E-state index is 0.0647. The Labute approximate surface area is 106 Å². The summed E-state index contributed by atoms with van der Waals surface area (Å²) >= 11 is 0. The van der Waals surface area contributed by atoms with E-state index < -0.39 is 11.4 Å². The first kappa shape index (κ1) is 12.8. The summed E-state index contributed by atoms with van der Waals surface area (Å²) in [5, 5.41) is 19.0. The summed E-state index contributed by atoms with van der Waals surface area (Å²) in [6.07, 6.45) is 0.662. The van der Waals surface area contributed by atoms with Crippen molar-refractivity contribution in [1.82, 2.24) is 0 Å². The molecule has 1 aromatic rings. The van der Waals surface area contributed by atoms with E-state index in [1.54, 1.807) is 19.9 Å². The first-order valence-electron chi connectivity index (χ1n) is 6.06. The van der Waals surface area contributed by atoms with E-state index in [9.17, 15) is 9.50 Å². The number of hydrogen-bond donors (Lipinski definition) is 1. The molecule has 0 radical (unpaired) electrons. The largest absolute Gasteiger partial charge is 0.388 e. The van der Waals surface area contributed by atoms with Gasteiger partial charge in [-0.2, -0.15) is 5.26 Å². The van der Waals surface area contributed by atoms with Crippen LogP contribution in [0.3, 0.4) is 0 Å². The summed E-state index contributed by atoms with van der Waals surface area (Å²) in [5.41, 5.74) is 0.543. The van der Waals surface area contributed by atoms with E-state index in [-0.39, 0.29) is 11.6 Å². The summed E-state index contributed by atoms with van der Waals surface area (Å²) in [6, 6.07) is 5.03. The van der Waals surface area contributed by atoms with Gasteiger partial charge in [-0.05, 0) is 39.3 Å². The van der Waals surface area contributed by atoms with Crippen molar-refractivity contribution in [2.75, 3.05) is 11.4 Å². The van der Waals surface area contributed by atoms with Crippen LogP contribution in [0, 0.1) is 24.1 Å². The van der Waals surface area contributed by atoms with Gasteiger partial charge in [-0.25, -0.2) is 4.39 Å². The van der Waals surface area contributed by atoms with Crippen LogP contribution in [0.4, 0.5) is 10.1 Å². The molecular formula is C14H17FN2O. The first-order valence-corrected chi connectivity index (χ1v) is 6.06. The molecule has 0 aromatic heterocycles. The van der Waals surface area contributed by atoms with E-state index in [0.29, 0.717) is 18.5 Å². The smallest absolute Gasteiger partial charge is 0.145 e. The van der Waals surface area contributed by atoms with Crippen molar-refractivity contribution < 1.29 is 9.50 Å². The quantitative estimate of drug-likeness (QED) is 0.830. The fourth-order valence-corrected chi connectivity index (χ4v) is 2.49. The Morgan fingerprint density at radius 2 is 2.22 bits per heavy atom. The molecule has 4 heteroatoms. The summed E-state index contributed by atoms with van der Waals surface area (Å²) in [5.74, 6) is -0.464. The molecular weight excluding hydrogens is 231 g/mol. The second kappa shape index (κ2) is 4.25. The number of nitriles is 1. The van der Waals surface area contributed by atoms with Crippen molar-refractivity contribution in [3.8, 4) is 6.07 Å². The maximum absolute atomic E-state index is 13.9. The molecule has 96 valence electrons. The predicted molar refractivity (Wildman–Crippen MR) is 67.9 cm³/mol. The monoisotopic (exact) mass is 248 g/mol. The lowest BCUT2D eigenvalue weighted by atomic mass is 9.98. The molecule has 0 saturated carbocycles. The number of aliphatic hydroxyl groups is 1. The van der Waals surface area contributed by atoms with Gasteiger partial charge in [0.2, 0.25) is 0 Å². The van der Waals surface area contributed by atoms with Crippen LogP contribution in [0.5, 0.6) is 0 Å². The van der Waals surface area contributed by atoms with Crippen LogP contribution in [-0.2, 0) is 0 Å². The Morgan fingerprint density at radius 1 is 1.56 bits per heavy atom. The van der Waals surface area contributed by atoms with E-state index in [4.69, 9.17) is 5.26 Å². The number of benzene rings is 1. The molecule has 18 heavy (non-hydrogen) atoms. The fraction of sp³-hybridized carbons (Fsp3) is 0.500. The van der Waals surface area contributed by atoms with E-state index >= 15 is 0 Å². The van der Waals surface area contributed by atoms with Crippen molar-refractivity contribution in [1.29, 1.82) is 5.26 Å². The lowest BCUT2D eigenvalue weighted by Gasteiger charge is -2.31. The third kappa shape index (κ3) is 1.85. The molecule has 2 rings (SSSR count). The topological polar surface area (TPSA) is 47.3 Å². The van der Waals surface area contributed by atoms with Gasteiger partial charge < -0.3 is 10.0 Å². The van der Waals surface area contributed by atoms with Crippen molar-refractivity contribution in [2.24, 2.45) is 0 Å². The van der Waals surface area contributed by atoms with Gasteiger partial charge in [-0.1, -0.05) is 0 Å². The third-order valence-corrected chi connectivity index (χ3v) is 4.01. The van der Waals surface area contributed by atoms with Gasteiger partial charge in [0.15, 0.2) is 0 Å². The number of nitrogens with zero attached hydrogens (tertiary/aromatic N) is 2. The second-order valence-corrected chi connectivity index (χ2v) is 5.16. The molecule has 2 unspecified atom stereocenters. The van der Waals surface area contributed by atoms with Gasteiger partial charge in [0.25, 0.3) is 0 Å². The lowest BCUT2D eigenvalue weighted by molar-refractivity contribution is 0.0565. The normalized spacial score (nSPS) is 27.3. The molecule has 1 fully saturated rings. The minimum Gasteiger partial charge on any atom is -0.388 e. The average Bonchev–Trinajstić information content (AvgIpc) is 2.59. The Bertz CT molecular complexity index is 519. The van der Waals surface area contributed by atoms with Gasteiger partial charge in [0, 0.05) is 17.8 Å². The molecule has 1 aliphatic heterocycles. The highest BCUT2D eigenvalue weighted by Crippen LogP contribution is 2.35. The highest BCUT2D eigenvalue weighted by Gasteiger charge is 2.40. The molecule has 0 aliphatic carbocycles. The van der Waals surface area contributed by atoms with Gasteiger partial charge in [-0.15, -0.1) is 0 Å². The molecule has 0 bridgehead atoms. The first-order chi connectivity index (χ1) is 8.38. The zero-order valence-electron chi connectivity index (χ0n) is 10.9. The second-order valence-electron chi connectivity index (χ2n) is 5.16. The molecule has 3 nitrogen and oxygen atoms in total. The molecule has 1 saturated heterocycles. The number of halogens is 1. The molecule has 2 atom stereocenters. The zero-order valence-corrected chi connectivity index (χ0v) is 10.9. The van der Waals surface area contributed by atoms with Crippen LogP contribution in [0.1, 0.15) is 31.4 Å². The number of anilines is 1. The zero-order chi connectivity index (χ0) is 13.5. The minimum atomic E-state index is -0.753. The van der Waals surface area contributed by atoms with Crippen molar-refractivity contribution in [2.45, 2.75) is 38.8 Å². The maximum Gasteiger partial charge on any atom is 0.145 e. The highest BCUT2D eigenvalue weighted by atomic mass is 19.1. The van der Waals surface area contributed by atoms with Gasteiger partial charge in [0.1, 0.15) is 11.9 Å². The fourth-order valence-electron chi connectivity index (χ4n) is 2.49. The molecule has 1 heterocycles. The van der Waals surface area contributed by atoms with Crippen LogP contribution in [-0.4, -0.2) is 23.3 Å². The molecule has 0 amide bonds. The molecule has 1 N–H and O–H groups in total. The molecule has 0 spiro atoms. The van der Waals surface area contributed by atoms with Crippen molar-refractivity contribution in [3.63, 3.8) is 0 Å². The van der Waals surface area contributed by atoms with Crippen LogP contribution >= 0.6 is 0 Å². The summed E-state index contributed by atoms with van der Waals surface area (Å²) < 4.78 is 13.9. The molecule has 1 aliphatic rings. The average molecular weight is 248 g/mol. The van der Waals surface area contributed by atoms with Crippen LogP contribution < -0.4 is 4.90 Å². The van der Waals surface area contributed by atoms with E-state index in [1.807, 2.05) is 17.9 Å². The Balaban J connectivity index is 2.43. The van der Waals surface area contributed by atoms with Crippen molar-refractivity contribution in [3.05, 3.63) is 29.1 Å². The number of hydrogen-bond acceptors (Lipinski definition) is 3. The Hall–Kier alpha value is -1.60. The Morgan fingerprint density at radius 3 is 2.72 bits per heavy atom. The van der Waals surface area contributed by atoms with Gasteiger partial charge in [-0.3, -0.25) is 0 Å². The van der Waals surface area contributed by atoms with Crippen LogP contribution in [0.2, 0.25) is 0 Å². The van der Waals surface area contributed by atoms with E-state index in [2.05, 4.69) is 0 Å². The SMILES string of the molecule is Cc1c(N2CCC(C)(O)C2C)ccc(C#N)c1F. The van der Waals surface area contributed by atoms with Gasteiger partial charge >= 0.3 is 0 Å². The van der Waals surface area contributed by atoms with Crippen LogP contribution in [0.15, 0.2) is 12.1 Å². The van der Waals surface area contributed by atoms with Crippen molar-refractivity contribution >= 4 is 5.69 Å². The molecule has 1 aromatic carbocycles. The van der Waals surface area contributed by atoms with E-state index in [0.717, 1.165) is 5.69 Å². The van der Waals surface area contributed by atoms with Crippen LogP contribution in [0.25, 0.3) is 0 Å². The summed E-state index contributed by atoms with van der Waals surface area (Å²) in [4.78, 5) is 2.00. The third-order valence-electron chi connectivity index (χ3n) is 4.01. The lowest BCUT2D eigenvalue weighted by Crippen LogP contribution is -2.40. The highest BCUT2D eigenvalue weighted by molar-refractivity contribution is 5.58. The van der Waals surface area contributed by atoms with Gasteiger partial charge in [0.05, 0.1) is 17.2 Å². The summed E-state index contributed by atoms with van der Waals surface area (Å²) in [6.45, 7) is 6.10.